The molecule has 3 rings (SSSR count). The van der Waals surface area contributed by atoms with Crippen LogP contribution in [0.4, 0.5) is 10.5 Å². The summed E-state index contributed by atoms with van der Waals surface area (Å²) in [5.41, 5.74) is 3.30. The third-order valence-electron chi connectivity index (χ3n) is 3.81. The van der Waals surface area contributed by atoms with Gasteiger partial charge < -0.3 is 19.7 Å². The van der Waals surface area contributed by atoms with Crippen LogP contribution in [-0.2, 0) is 6.61 Å². The maximum Gasteiger partial charge on any atom is 0.321 e. The number of hydrogen-bond donors (Lipinski definition) is 1. The van der Waals surface area contributed by atoms with Gasteiger partial charge in [0.15, 0.2) is 0 Å². The average Bonchev–Trinajstić information content (AvgIpc) is 3.22. The first-order valence-electron chi connectivity index (χ1n) is 8.60. The predicted molar refractivity (Wildman–Crippen MR) is 111 cm³/mol. The van der Waals surface area contributed by atoms with Crippen molar-refractivity contribution in [3.63, 3.8) is 0 Å². The van der Waals surface area contributed by atoms with Crippen molar-refractivity contribution in [2.45, 2.75) is 6.61 Å². The third kappa shape index (κ3) is 6.14. The molecule has 28 heavy (non-hydrogen) atoms. The van der Waals surface area contributed by atoms with E-state index in [0.717, 1.165) is 5.69 Å². The fraction of sp³-hybridized carbons (Fsp3) is 0.200. The molecule has 0 aliphatic heterocycles. The summed E-state index contributed by atoms with van der Waals surface area (Å²) in [5.74, 6) is 1.38. The van der Waals surface area contributed by atoms with Crippen LogP contribution in [0.2, 0.25) is 5.02 Å². The topological polar surface area (TPSA) is 63.7 Å². The molecular weight excluding hydrogens is 398 g/mol. The number of halogens is 1. The molecule has 0 radical (unpaired) electrons. The van der Waals surface area contributed by atoms with E-state index in [2.05, 4.69) is 10.3 Å². The molecule has 0 aliphatic rings. The first-order valence-corrected chi connectivity index (χ1v) is 9.92. The van der Waals surface area contributed by atoms with E-state index in [-0.39, 0.29) is 6.03 Å². The van der Waals surface area contributed by atoms with Crippen molar-refractivity contribution in [3.05, 3.63) is 70.1 Å². The minimum atomic E-state index is -0.226. The van der Waals surface area contributed by atoms with Gasteiger partial charge in [-0.1, -0.05) is 17.7 Å². The zero-order valence-electron chi connectivity index (χ0n) is 15.3. The van der Waals surface area contributed by atoms with E-state index < -0.39 is 0 Å². The SMILES string of the molecule is CN(CCOc1ccc(Cl)cc1)C(=O)Nc1cccc(OCc2cscn2)c1. The highest BCUT2D eigenvalue weighted by Gasteiger charge is 2.09. The molecule has 0 fully saturated rings. The van der Waals surface area contributed by atoms with Gasteiger partial charge in [0, 0.05) is 29.2 Å². The van der Waals surface area contributed by atoms with E-state index >= 15 is 0 Å². The summed E-state index contributed by atoms with van der Waals surface area (Å²) in [6.07, 6.45) is 0. The molecule has 0 bridgehead atoms. The summed E-state index contributed by atoms with van der Waals surface area (Å²) >= 11 is 7.37. The number of amides is 2. The minimum absolute atomic E-state index is 0.226. The molecule has 0 unspecified atom stereocenters. The van der Waals surface area contributed by atoms with Crippen molar-refractivity contribution in [2.24, 2.45) is 0 Å². The normalized spacial score (nSPS) is 10.4. The van der Waals surface area contributed by atoms with Crippen molar-refractivity contribution >= 4 is 34.7 Å². The van der Waals surface area contributed by atoms with Gasteiger partial charge in [-0.25, -0.2) is 9.78 Å². The van der Waals surface area contributed by atoms with Crippen LogP contribution in [0.1, 0.15) is 5.69 Å². The Morgan fingerprint density at radius 1 is 1.18 bits per heavy atom. The molecule has 0 spiro atoms. The van der Waals surface area contributed by atoms with E-state index in [1.54, 1.807) is 47.8 Å². The molecule has 2 aromatic carbocycles. The highest BCUT2D eigenvalue weighted by atomic mass is 35.5. The maximum absolute atomic E-state index is 12.3. The molecule has 3 aromatic rings. The Hall–Kier alpha value is -2.77. The van der Waals surface area contributed by atoms with E-state index in [0.29, 0.717) is 42.0 Å². The average molecular weight is 418 g/mol. The third-order valence-corrected chi connectivity index (χ3v) is 4.70. The van der Waals surface area contributed by atoms with Crippen molar-refractivity contribution in [2.75, 3.05) is 25.5 Å². The van der Waals surface area contributed by atoms with Gasteiger partial charge in [-0.15, -0.1) is 11.3 Å². The number of anilines is 1. The second-order valence-corrected chi connectivity index (χ2v) is 7.11. The zero-order valence-corrected chi connectivity index (χ0v) is 16.9. The van der Waals surface area contributed by atoms with Crippen LogP contribution in [0.15, 0.2) is 59.4 Å². The molecule has 146 valence electrons. The van der Waals surface area contributed by atoms with E-state index in [9.17, 15) is 4.79 Å². The highest BCUT2D eigenvalue weighted by molar-refractivity contribution is 7.07. The Balaban J connectivity index is 1.45. The molecular formula is C20H20ClN3O3S. The number of likely N-dealkylation sites (N-methyl/N-ethyl adjacent to an activating group) is 1. The number of hydrogen-bond acceptors (Lipinski definition) is 5. The molecule has 0 atom stereocenters. The number of ether oxygens (including phenoxy) is 2. The summed E-state index contributed by atoms with van der Waals surface area (Å²) in [6.45, 7) is 1.21. The Labute approximate surface area is 172 Å². The van der Waals surface area contributed by atoms with Crippen molar-refractivity contribution < 1.29 is 14.3 Å². The van der Waals surface area contributed by atoms with E-state index in [4.69, 9.17) is 21.1 Å². The summed E-state index contributed by atoms with van der Waals surface area (Å²) in [7, 11) is 1.71. The van der Waals surface area contributed by atoms with Gasteiger partial charge in [0.05, 0.1) is 17.7 Å². The van der Waals surface area contributed by atoms with Gasteiger partial charge in [0.25, 0.3) is 0 Å². The number of benzene rings is 2. The van der Waals surface area contributed by atoms with Gasteiger partial charge in [-0.3, -0.25) is 0 Å². The molecule has 1 heterocycles. The lowest BCUT2D eigenvalue weighted by Crippen LogP contribution is -2.34. The molecule has 1 aromatic heterocycles. The quantitative estimate of drug-likeness (QED) is 0.565. The molecule has 0 saturated heterocycles. The number of thiazole rings is 1. The monoisotopic (exact) mass is 417 g/mol. The minimum Gasteiger partial charge on any atom is -0.492 e. The molecule has 8 heteroatoms. The van der Waals surface area contributed by atoms with Crippen LogP contribution in [0, 0.1) is 0 Å². The molecule has 6 nitrogen and oxygen atoms in total. The van der Waals surface area contributed by atoms with E-state index in [1.165, 1.54) is 11.3 Å². The lowest BCUT2D eigenvalue weighted by Gasteiger charge is -2.18. The number of carbonyl (C=O) groups is 1. The van der Waals surface area contributed by atoms with Crippen LogP contribution in [-0.4, -0.2) is 36.1 Å². The highest BCUT2D eigenvalue weighted by Crippen LogP contribution is 2.19. The van der Waals surface area contributed by atoms with Crippen LogP contribution >= 0.6 is 22.9 Å². The van der Waals surface area contributed by atoms with Crippen molar-refractivity contribution in [3.8, 4) is 11.5 Å². The largest absolute Gasteiger partial charge is 0.492 e. The van der Waals surface area contributed by atoms with Gasteiger partial charge in [0.2, 0.25) is 0 Å². The summed E-state index contributed by atoms with van der Waals surface area (Å²) in [5, 5.41) is 5.44. The molecule has 1 N–H and O–H groups in total. The van der Waals surface area contributed by atoms with Gasteiger partial charge >= 0.3 is 6.03 Å². The smallest absolute Gasteiger partial charge is 0.321 e. The van der Waals surface area contributed by atoms with Crippen LogP contribution < -0.4 is 14.8 Å². The van der Waals surface area contributed by atoms with Crippen molar-refractivity contribution in [1.29, 1.82) is 0 Å². The Morgan fingerprint density at radius 3 is 2.75 bits per heavy atom. The number of nitrogens with zero attached hydrogens (tertiary/aromatic N) is 2. The van der Waals surface area contributed by atoms with Crippen LogP contribution in [0.25, 0.3) is 0 Å². The fourth-order valence-corrected chi connectivity index (χ4v) is 2.95. The molecule has 2 amide bonds. The van der Waals surface area contributed by atoms with Gasteiger partial charge in [-0.05, 0) is 36.4 Å². The second-order valence-electron chi connectivity index (χ2n) is 5.95. The molecule has 0 saturated carbocycles. The van der Waals surface area contributed by atoms with Crippen molar-refractivity contribution in [1.82, 2.24) is 9.88 Å². The lowest BCUT2D eigenvalue weighted by atomic mass is 10.3. The maximum atomic E-state index is 12.3. The standard InChI is InChI=1S/C20H20ClN3O3S/c1-24(9-10-26-18-7-5-15(21)6-8-18)20(25)23-16-3-2-4-19(11-16)27-12-17-13-28-14-22-17/h2-8,11,13-14H,9-10,12H2,1H3,(H,23,25). The fourth-order valence-electron chi connectivity index (χ4n) is 2.28. The van der Waals surface area contributed by atoms with Crippen LogP contribution in [0.5, 0.6) is 11.5 Å². The first kappa shape index (κ1) is 20.0. The Kier molecular flexibility index (Phi) is 7.11. The van der Waals surface area contributed by atoms with Gasteiger partial charge in [0.1, 0.15) is 24.7 Å². The summed E-state index contributed by atoms with van der Waals surface area (Å²) in [4.78, 5) is 18.1. The number of rotatable bonds is 8. The van der Waals surface area contributed by atoms with Crippen LogP contribution in [0.3, 0.4) is 0 Å². The number of nitrogens with one attached hydrogen (secondary N) is 1. The van der Waals surface area contributed by atoms with Gasteiger partial charge in [-0.2, -0.15) is 0 Å². The number of aromatic nitrogens is 1. The first-order chi connectivity index (χ1) is 13.6. The Bertz CT molecular complexity index is 888. The predicted octanol–water partition coefficient (Wildman–Crippen LogP) is 4.92. The zero-order chi connectivity index (χ0) is 19.8. The van der Waals surface area contributed by atoms with E-state index in [1.807, 2.05) is 23.6 Å². The summed E-state index contributed by atoms with van der Waals surface area (Å²) in [6, 6.07) is 14.1. The summed E-state index contributed by atoms with van der Waals surface area (Å²) < 4.78 is 11.3. The lowest BCUT2D eigenvalue weighted by molar-refractivity contribution is 0.207. The number of urea groups is 1. The Morgan fingerprint density at radius 2 is 2.00 bits per heavy atom. The molecule has 0 aliphatic carbocycles. The second kappa shape index (κ2) is 9.96. The number of carbonyl (C=O) groups excluding carboxylic acids is 1.